The van der Waals surface area contributed by atoms with E-state index >= 15 is 0 Å². The molecule has 2 aromatic carbocycles. The van der Waals surface area contributed by atoms with Crippen molar-refractivity contribution in [2.24, 2.45) is 17.2 Å². The number of phenols is 2. The highest BCUT2D eigenvalue weighted by molar-refractivity contribution is 5.94. The first-order chi connectivity index (χ1) is 19.1. The van der Waals surface area contributed by atoms with Crippen molar-refractivity contribution < 1.29 is 29.4 Å². The van der Waals surface area contributed by atoms with Crippen LogP contribution in [-0.2, 0) is 32.0 Å². The van der Waals surface area contributed by atoms with Gasteiger partial charge in [-0.1, -0.05) is 12.1 Å². The summed E-state index contributed by atoms with van der Waals surface area (Å²) in [6.45, 7) is 0.375. The van der Waals surface area contributed by atoms with Crippen LogP contribution < -0.4 is 38.5 Å². The maximum Gasteiger partial charge on any atom is 0.243 e. The van der Waals surface area contributed by atoms with Crippen molar-refractivity contribution in [2.45, 2.75) is 43.8 Å². The summed E-state index contributed by atoms with van der Waals surface area (Å²) in [5.74, 6) is -2.55. The van der Waals surface area contributed by atoms with E-state index in [9.17, 15) is 29.4 Å². The number of phenolic OH excluding ortho intramolecular Hbond substituents is 2. The molecule has 1 heterocycles. The monoisotopic (exact) mass is 555 g/mol. The average molecular weight is 556 g/mol. The second-order valence-corrected chi connectivity index (χ2v) is 9.61. The lowest BCUT2D eigenvalue weighted by atomic mass is 9.95. The first-order valence-electron chi connectivity index (χ1n) is 13.1. The molecule has 3 atom stereocenters. The minimum absolute atomic E-state index is 0.00106. The number of rotatable bonds is 8. The lowest BCUT2D eigenvalue weighted by molar-refractivity contribution is -0.133. The van der Waals surface area contributed by atoms with Gasteiger partial charge in [-0.15, -0.1) is 0 Å². The Morgan fingerprint density at radius 2 is 1.50 bits per heavy atom. The van der Waals surface area contributed by atoms with Gasteiger partial charge in [0.25, 0.3) is 0 Å². The van der Waals surface area contributed by atoms with Crippen molar-refractivity contribution in [3.05, 3.63) is 47.5 Å². The maximum absolute atomic E-state index is 13.3. The number of amides is 4. The summed E-state index contributed by atoms with van der Waals surface area (Å²) >= 11 is 0. The van der Waals surface area contributed by atoms with Crippen LogP contribution >= 0.6 is 0 Å². The van der Waals surface area contributed by atoms with Crippen LogP contribution in [-0.4, -0.2) is 78.1 Å². The third-order valence-electron chi connectivity index (χ3n) is 6.55. The summed E-state index contributed by atoms with van der Waals surface area (Å²) in [6, 6.07) is 6.30. The first-order valence-corrected chi connectivity index (χ1v) is 13.1. The van der Waals surface area contributed by atoms with Crippen LogP contribution in [0.1, 0.15) is 24.0 Å². The van der Waals surface area contributed by atoms with Crippen molar-refractivity contribution in [3.63, 3.8) is 0 Å². The number of fused-ring (bicyclic) bond motifs is 5. The predicted octanol–water partition coefficient (Wildman–Crippen LogP) is -1.91. The molecule has 0 aliphatic carbocycles. The van der Waals surface area contributed by atoms with Crippen molar-refractivity contribution in [2.75, 3.05) is 26.2 Å². The predicted molar refractivity (Wildman–Crippen MR) is 148 cm³/mol. The second kappa shape index (κ2) is 14.3. The van der Waals surface area contributed by atoms with Crippen LogP contribution in [0.4, 0.5) is 0 Å². The molecule has 0 fully saturated rings. The van der Waals surface area contributed by atoms with Gasteiger partial charge in [-0.05, 0) is 65.9 Å². The number of carbonyl (C=O) groups is 4. The van der Waals surface area contributed by atoms with Gasteiger partial charge in [0.15, 0.2) is 0 Å². The second-order valence-electron chi connectivity index (χ2n) is 9.61. The quantitative estimate of drug-likeness (QED) is 0.176. The molecular weight excluding hydrogens is 518 g/mol. The van der Waals surface area contributed by atoms with Crippen LogP contribution in [0.5, 0.6) is 11.5 Å². The number of benzene rings is 2. The fraction of sp³-hybridized carbons (Fsp3) is 0.407. The van der Waals surface area contributed by atoms with Gasteiger partial charge in [0.1, 0.15) is 23.6 Å². The van der Waals surface area contributed by atoms with Crippen molar-refractivity contribution in [1.29, 1.82) is 0 Å². The molecule has 216 valence electrons. The van der Waals surface area contributed by atoms with Gasteiger partial charge < -0.3 is 48.7 Å². The van der Waals surface area contributed by atoms with E-state index in [1.165, 1.54) is 12.1 Å². The van der Waals surface area contributed by atoms with Crippen LogP contribution in [0.2, 0.25) is 0 Å². The van der Waals surface area contributed by atoms with E-state index in [4.69, 9.17) is 17.2 Å². The molecule has 4 amide bonds. The zero-order chi connectivity index (χ0) is 29.2. The molecule has 1 aliphatic rings. The molecule has 0 spiro atoms. The van der Waals surface area contributed by atoms with E-state index in [0.717, 1.165) is 0 Å². The Bertz CT molecular complexity index is 1240. The number of hydrogen-bond donors (Lipinski definition) is 9. The largest absolute Gasteiger partial charge is 0.508 e. The lowest BCUT2D eigenvalue weighted by Crippen LogP contribution is -2.57. The fourth-order valence-electron chi connectivity index (χ4n) is 4.32. The molecule has 13 heteroatoms. The van der Waals surface area contributed by atoms with Crippen LogP contribution in [0, 0.1) is 0 Å². The standard InChI is InChI=1S/C27H37N7O6/c28-7-1-2-20-27(40)34-21(26(39)32-14-24(37)31-9-8-29)13-18-11-16(4-6-23(18)36)15-3-5-22(35)17(10-15)12-19(30)25(38)33-20/h3-6,10-11,19-21,35-36H,1-2,7-9,12-14,28-30H2,(H,31,37)(H,32,39)(H,33,38)(H,34,40)/t19-,20-,21-/m0/s1. The number of nitrogens with one attached hydrogen (secondary N) is 4. The molecule has 40 heavy (non-hydrogen) atoms. The highest BCUT2D eigenvalue weighted by atomic mass is 16.3. The van der Waals surface area contributed by atoms with E-state index in [1.54, 1.807) is 24.3 Å². The number of hydrogen-bond acceptors (Lipinski definition) is 9. The molecular formula is C27H37N7O6. The summed E-state index contributed by atoms with van der Waals surface area (Å²) < 4.78 is 0. The molecule has 0 radical (unpaired) electrons. The summed E-state index contributed by atoms with van der Waals surface area (Å²) in [5.41, 5.74) is 19.3. The van der Waals surface area contributed by atoms with E-state index < -0.39 is 41.8 Å². The average Bonchev–Trinajstić information content (AvgIpc) is 2.94. The van der Waals surface area contributed by atoms with Crippen LogP contribution in [0.3, 0.4) is 0 Å². The van der Waals surface area contributed by atoms with Crippen molar-refractivity contribution in [1.82, 2.24) is 21.3 Å². The molecule has 0 aromatic heterocycles. The molecule has 4 bridgehead atoms. The number of nitrogens with two attached hydrogens (primary N) is 3. The lowest BCUT2D eigenvalue weighted by Gasteiger charge is -2.24. The number of aromatic hydroxyl groups is 2. The maximum atomic E-state index is 13.3. The van der Waals surface area contributed by atoms with Gasteiger partial charge in [-0.25, -0.2) is 0 Å². The van der Waals surface area contributed by atoms with Gasteiger partial charge in [0, 0.05) is 25.9 Å². The third-order valence-corrected chi connectivity index (χ3v) is 6.55. The fourth-order valence-corrected chi connectivity index (χ4v) is 4.32. The Balaban J connectivity index is 2.01. The van der Waals surface area contributed by atoms with E-state index in [2.05, 4.69) is 21.3 Å². The minimum Gasteiger partial charge on any atom is -0.508 e. The Hall–Kier alpha value is -4.20. The summed E-state index contributed by atoms with van der Waals surface area (Å²) in [6.07, 6.45) is 0.456. The van der Waals surface area contributed by atoms with Gasteiger partial charge in [0.05, 0.1) is 12.6 Å². The van der Waals surface area contributed by atoms with Gasteiger partial charge >= 0.3 is 0 Å². The molecule has 0 unspecified atom stereocenters. The summed E-state index contributed by atoms with van der Waals surface area (Å²) in [4.78, 5) is 51.5. The highest BCUT2D eigenvalue weighted by Gasteiger charge is 2.29. The minimum atomic E-state index is -1.21. The van der Waals surface area contributed by atoms with Crippen LogP contribution in [0.15, 0.2) is 36.4 Å². The SMILES string of the molecule is NCCC[C@@H]1NC(=O)[C@@H](N)Cc2cc(ccc2O)-c2ccc(O)c(c2)C[C@@H](C(=O)NCC(=O)NCCN)NC1=O. The zero-order valence-electron chi connectivity index (χ0n) is 22.1. The smallest absolute Gasteiger partial charge is 0.243 e. The molecule has 0 saturated heterocycles. The molecule has 0 saturated carbocycles. The topological polar surface area (TPSA) is 235 Å². The third kappa shape index (κ3) is 8.15. The van der Waals surface area contributed by atoms with E-state index in [1.807, 2.05) is 0 Å². The van der Waals surface area contributed by atoms with Gasteiger partial charge in [0.2, 0.25) is 23.6 Å². The number of carbonyl (C=O) groups excluding carboxylic acids is 4. The Labute approximate surface area is 231 Å². The summed E-state index contributed by atoms with van der Waals surface area (Å²) in [7, 11) is 0. The zero-order valence-corrected chi connectivity index (χ0v) is 22.1. The molecule has 2 aromatic rings. The Kier molecular flexibility index (Phi) is 10.8. The Morgan fingerprint density at radius 3 is 2.10 bits per heavy atom. The highest BCUT2D eigenvalue weighted by Crippen LogP contribution is 2.30. The van der Waals surface area contributed by atoms with Crippen molar-refractivity contribution >= 4 is 23.6 Å². The molecule has 1 aliphatic heterocycles. The van der Waals surface area contributed by atoms with Crippen molar-refractivity contribution in [3.8, 4) is 22.6 Å². The van der Waals surface area contributed by atoms with Gasteiger partial charge in [-0.2, -0.15) is 0 Å². The van der Waals surface area contributed by atoms with Crippen LogP contribution in [0.25, 0.3) is 11.1 Å². The normalized spacial score (nSPS) is 19.4. The van der Waals surface area contributed by atoms with Gasteiger partial charge in [-0.3, -0.25) is 19.2 Å². The Morgan fingerprint density at radius 1 is 0.875 bits per heavy atom. The summed E-state index contributed by atoms with van der Waals surface area (Å²) in [5, 5.41) is 31.3. The molecule has 12 N–H and O–H groups in total. The molecule has 13 nitrogen and oxygen atoms in total. The van der Waals surface area contributed by atoms with E-state index in [0.29, 0.717) is 28.7 Å². The van der Waals surface area contributed by atoms with E-state index in [-0.39, 0.29) is 56.9 Å². The molecule has 3 rings (SSSR count). The first kappa shape index (κ1) is 30.3.